The van der Waals surface area contributed by atoms with E-state index in [1.165, 1.54) is 24.8 Å². The molecule has 4 nitrogen and oxygen atoms in total. The van der Waals surface area contributed by atoms with E-state index in [1.54, 1.807) is 7.11 Å². The highest BCUT2D eigenvalue weighted by molar-refractivity contribution is 5.47. The molecule has 4 heteroatoms. The molecule has 1 fully saturated rings. The lowest BCUT2D eigenvalue weighted by Crippen LogP contribution is -2.35. The van der Waals surface area contributed by atoms with Gasteiger partial charge in [0.2, 0.25) is 0 Å². The van der Waals surface area contributed by atoms with E-state index < -0.39 is 0 Å². The molecule has 0 aliphatic carbocycles. The summed E-state index contributed by atoms with van der Waals surface area (Å²) in [5.41, 5.74) is 1.29. The summed E-state index contributed by atoms with van der Waals surface area (Å²) in [6.45, 7) is 7.06. The van der Waals surface area contributed by atoms with Crippen LogP contribution in [0.3, 0.4) is 0 Å². The standard InChI is InChI=1S/C16H27N3O/c1-3-14-6-10-19(11-7-14)16-15(5-4-8-18-16)13-17-9-12-20-2/h4-5,8,14,17H,3,6-7,9-13H2,1-2H3. The summed E-state index contributed by atoms with van der Waals surface area (Å²) in [6.07, 6.45) is 5.80. The summed E-state index contributed by atoms with van der Waals surface area (Å²) in [5.74, 6) is 2.06. The van der Waals surface area contributed by atoms with Crippen LogP contribution in [-0.2, 0) is 11.3 Å². The lowest BCUT2D eigenvalue weighted by atomic mass is 9.94. The van der Waals surface area contributed by atoms with Crippen LogP contribution in [0, 0.1) is 5.92 Å². The molecule has 0 spiro atoms. The molecule has 0 aromatic carbocycles. The van der Waals surface area contributed by atoms with E-state index in [1.807, 2.05) is 12.3 Å². The van der Waals surface area contributed by atoms with Crippen LogP contribution < -0.4 is 10.2 Å². The molecule has 0 amide bonds. The van der Waals surface area contributed by atoms with Crippen molar-refractivity contribution >= 4 is 5.82 Å². The van der Waals surface area contributed by atoms with E-state index in [4.69, 9.17) is 4.74 Å². The van der Waals surface area contributed by atoms with E-state index in [0.29, 0.717) is 0 Å². The molecule has 0 radical (unpaired) electrons. The zero-order valence-electron chi connectivity index (χ0n) is 12.8. The first-order valence-corrected chi connectivity index (χ1v) is 7.73. The number of piperidine rings is 1. The number of pyridine rings is 1. The predicted molar refractivity (Wildman–Crippen MR) is 83.0 cm³/mol. The summed E-state index contributed by atoms with van der Waals surface area (Å²) < 4.78 is 5.06. The average molecular weight is 277 g/mol. The quantitative estimate of drug-likeness (QED) is 0.777. The van der Waals surface area contributed by atoms with E-state index in [0.717, 1.165) is 44.5 Å². The van der Waals surface area contributed by atoms with E-state index in [-0.39, 0.29) is 0 Å². The van der Waals surface area contributed by atoms with Crippen molar-refractivity contribution in [2.45, 2.75) is 32.7 Å². The highest BCUT2D eigenvalue weighted by Gasteiger charge is 2.20. The van der Waals surface area contributed by atoms with Gasteiger partial charge in [-0.25, -0.2) is 4.98 Å². The number of rotatable bonds is 7. The largest absolute Gasteiger partial charge is 0.383 e. The number of nitrogens with zero attached hydrogens (tertiary/aromatic N) is 2. The van der Waals surface area contributed by atoms with Crippen LogP contribution >= 0.6 is 0 Å². The molecular formula is C16H27N3O. The van der Waals surface area contributed by atoms with Crippen LogP contribution in [0.5, 0.6) is 0 Å². The summed E-state index contributed by atoms with van der Waals surface area (Å²) in [6, 6.07) is 4.20. The Balaban J connectivity index is 1.93. The van der Waals surface area contributed by atoms with Gasteiger partial charge < -0.3 is 15.0 Å². The van der Waals surface area contributed by atoms with E-state index in [9.17, 15) is 0 Å². The molecule has 1 aliphatic heterocycles. The van der Waals surface area contributed by atoms with Gasteiger partial charge >= 0.3 is 0 Å². The van der Waals surface area contributed by atoms with Gasteiger partial charge in [0.05, 0.1) is 6.61 Å². The first-order chi connectivity index (χ1) is 9.85. The minimum absolute atomic E-state index is 0.748. The van der Waals surface area contributed by atoms with Gasteiger partial charge in [-0.1, -0.05) is 19.4 Å². The lowest BCUT2D eigenvalue weighted by Gasteiger charge is -2.33. The number of aromatic nitrogens is 1. The normalized spacial score (nSPS) is 16.6. The van der Waals surface area contributed by atoms with Gasteiger partial charge in [-0.05, 0) is 24.8 Å². The molecule has 1 N–H and O–H groups in total. The number of methoxy groups -OCH3 is 1. The monoisotopic (exact) mass is 277 g/mol. The summed E-state index contributed by atoms with van der Waals surface area (Å²) >= 11 is 0. The van der Waals surface area contributed by atoms with Crippen LogP contribution in [0.4, 0.5) is 5.82 Å². The summed E-state index contributed by atoms with van der Waals surface area (Å²) in [7, 11) is 1.73. The average Bonchev–Trinajstić information content (AvgIpc) is 2.52. The van der Waals surface area contributed by atoms with Crippen LogP contribution in [-0.4, -0.2) is 38.3 Å². The van der Waals surface area contributed by atoms with Gasteiger partial charge in [-0.2, -0.15) is 0 Å². The second-order valence-electron chi connectivity index (χ2n) is 5.49. The zero-order chi connectivity index (χ0) is 14.2. The topological polar surface area (TPSA) is 37.4 Å². The van der Waals surface area contributed by atoms with Crippen LogP contribution in [0.1, 0.15) is 31.7 Å². The van der Waals surface area contributed by atoms with Crippen molar-refractivity contribution in [1.82, 2.24) is 10.3 Å². The van der Waals surface area contributed by atoms with Crippen molar-refractivity contribution in [2.75, 3.05) is 38.3 Å². The van der Waals surface area contributed by atoms with E-state index >= 15 is 0 Å². The third kappa shape index (κ3) is 4.18. The minimum atomic E-state index is 0.748. The predicted octanol–water partition coefficient (Wildman–Crippen LogP) is 2.44. The molecule has 1 saturated heterocycles. The molecule has 20 heavy (non-hydrogen) atoms. The highest BCUT2D eigenvalue weighted by Crippen LogP contribution is 2.25. The minimum Gasteiger partial charge on any atom is -0.383 e. The number of nitrogens with one attached hydrogen (secondary N) is 1. The van der Waals surface area contributed by atoms with Gasteiger partial charge in [0.1, 0.15) is 5.82 Å². The Hall–Kier alpha value is -1.13. The number of hydrogen-bond donors (Lipinski definition) is 1. The molecule has 2 rings (SSSR count). The molecule has 1 aliphatic rings. The van der Waals surface area contributed by atoms with Gasteiger partial charge in [0.25, 0.3) is 0 Å². The van der Waals surface area contributed by atoms with E-state index in [2.05, 4.69) is 28.2 Å². The highest BCUT2D eigenvalue weighted by atomic mass is 16.5. The van der Waals surface area contributed by atoms with Crippen molar-refractivity contribution in [3.8, 4) is 0 Å². The Labute approximate surface area is 122 Å². The lowest BCUT2D eigenvalue weighted by molar-refractivity contribution is 0.199. The molecule has 0 unspecified atom stereocenters. The summed E-state index contributed by atoms with van der Waals surface area (Å²) in [4.78, 5) is 7.05. The van der Waals surface area contributed by atoms with Crippen molar-refractivity contribution in [1.29, 1.82) is 0 Å². The molecule has 112 valence electrons. The number of hydrogen-bond acceptors (Lipinski definition) is 4. The fourth-order valence-corrected chi connectivity index (χ4v) is 2.80. The molecule has 1 aromatic rings. The Morgan fingerprint density at radius 2 is 2.20 bits per heavy atom. The molecular weight excluding hydrogens is 250 g/mol. The third-order valence-corrected chi connectivity index (χ3v) is 4.16. The van der Waals surface area contributed by atoms with Crippen LogP contribution in [0.25, 0.3) is 0 Å². The third-order valence-electron chi connectivity index (χ3n) is 4.16. The maximum Gasteiger partial charge on any atom is 0.133 e. The second-order valence-corrected chi connectivity index (χ2v) is 5.49. The van der Waals surface area contributed by atoms with Crippen molar-refractivity contribution in [2.24, 2.45) is 5.92 Å². The van der Waals surface area contributed by atoms with Crippen LogP contribution in [0.2, 0.25) is 0 Å². The molecule has 1 aromatic heterocycles. The van der Waals surface area contributed by atoms with Crippen molar-refractivity contribution < 1.29 is 4.74 Å². The molecule has 0 atom stereocenters. The zero-order valence-corrected chi connectivity index (χ0v) is 12.8. The molecule has 0 saturated carbocycles. The number of anilines is 1. The molecule has 0 bridgehead atoms. The van der Waals surface area contributed by atoms with Gasteiger partial charge in [0.15, 0.2) is 0 Å². The summed E-state index contributed by atoms with van der Waals surface area (Å²) in [5, 5.41) is 3.41. The van der Waals surface area contributed by atoms with Gasteiger partial charge in [0, 0.05) is 45.0 Å². The fourth-order valence-electron chi connectivity index (χ4n) is 2.80. The Morgan fingerprint density at radius 3 is 2.90 bits per heavy atom. The smallest absolute Gasteiger partial charge is 0.133 e. The van der Waals surface area contributed by atoms with Crippen molar-refractivity contribution in [3.05, 3.63) is 23.9 Å². The number of ether oxygens (including phenoxy) is 1. The maximum atomic E-state index is 5.06. The Kier molecular flexibility index (Phi) is 6.27. The maximum absolute atomic E-state index is 5.06. The Morgan fingerprint density at radius 1 is 1.40 bits per heavy atom. The Bertz CT molecular complexity index is 389. The van der Waals surface area contributed by atoms with Gasteiger partial charge in [-0.15, -0.1) is 0 Å². The molecule has 2 heterocycles. The first-order valence-electron chi connectivity index (χ1n) is 7.73. The second kappa shape index (κ2) is 8.22. The van der Waals surface area contributed by atoms with Gasteiger partial charge in [-0.3, -0.25) is 0 Å². The SMILES string of the molecule is CCC1CCN(c2ncccc2CNCCOC)CC1. The fraction of sp³-hybridized carbons (Fsp3) is 0.688. The van der Waals surface area contributed by atoms with Crippen molar-refractivity contribution in [3.63, 3.8) is 0 Å². The van der Waals surface area contributed by atoms with Crippen LogP contribution in [0.15, 0.2) is 18.3 Å². The first kappa shape index (κ1) is 15.3.